The summed E-state index contributed by atoms with van der Waals surface area (Å²) >= 11 is 0. The van der Waals surface area contributed by atoms with E-state index in [-0.39, 0.29) is 11.8 Å². The standard InChI is InChI=1S/C18H19N5O2/c1-11-17(21-22-20-11)18(25)23-9-13(16(24)10-23)8-12-6-7-19-15-5-3-2-4-14(12)15/h2-7,13,16,24H,8-10H2,1H3,(H,20,21,22)/t13-,16-/m1/s1. The number of aliphatic hydroxyl groups excluding tert-OH is 1. The van der Waals surface area contributed by atoms with Crippen LogP contribution in [0.4, 0.5) is 0 Å². The van der Waals surface area contributed by atoms with Gasteiger partial charge < -0.3 is 10.0 Å². The number of rotatable bonds is 3. The number of H-pyrrole nitrogens is 1. The number of fused-ring (bicyclic) bond motifs is 1. The minimum Gasteiger partial charge on any atom is -0.391 e. The Hall–Kier alpha value is -2.80. The van der Waals surface area contributed by atoms with Crippen LogP contribution >= 0.6 is 0 Å². The van der Waals surface area contributed by atoms with E-state index in [0.29, 0.717) is 30.9 Å². The Balaban J connectivity index is 1.54. The molecule has 0 unspecified atom stereocenters. The average Bonchev–Trinajstić information content (AvgIpc) is 3.21. The molecule has 0 aliphatic carbocycles. The van der Waals surface area contributed by atoms with Gasteiger partial charge in [0.2, 0.25) is 0 Å². The number of hydrogen-bond acceptors (Lipinski definition) is 5. The molecule has 0 spiro atoms. The van der Waals surface area contributed by atoms with Crippen LogP contribution in [0.3, 0.4) is 0 Å². The highest BCUT2D eigenvalue weighted by Gasteiger charge is 2.35. The lowest BCUT2D eigenvalue weighted by Crippen LogP contribution is -2.30. The quantitative estimate of drug-likeness (QED) is 0.752. The summed E-state index contributed by atoms with van der Waals surface area (Å²) in [5.74, 6) is -0.200. The van der Waals surface area contributed by atoms with E-state index in [1.165, 1.54) is 0 Å². The fourth-order valence-corrected chi connectivity index (χ4v) is 3.47. The Morgan fingerprint density at radius 3 is 2.92 bits per heavy atom. The third-order valence-corrected chi connectivity index (χ3v) is 4.84. The van der Waals surface area contributed by atoms with Gasteiger partial charge in [-0.25, -0.2) is 0 Å². The number of benzene rings is 1. The maximum atomic E-state index is 12.6. The summed E-state index contributed by atoms with van der Waals surface area (Å²) in [4.78, 5) is 18.6. The van der Waals surface area contributed by atoms with Gasteiger partial charge in [-0.15, -0.1) is 0 Å². The molecular formula is C18H19N5O2. The Labute approximate surface area is 144 Å². The predicted octanol–water partition coefficient (Wildman–Crippen LogP) is 1.34. The molecule has 3 heterocycles. The number of aromatic amines is 1. The van der Waals surface area contributed by atoms with Crippen LogP contribution in [0, 0.1) is 12.8 Å². The number of aromatic nitrogens is 4. The summed E-state index contributed by atoms with van der Waals surface area (Å²) < 4.78 is 0. The zero-order chi connectivity index (χ0) is 17.4. The molecule has 3 aromatic rings. The van der Waals surface area contributed by atoms with Crippen molar-refractivity contribution in [2.75, 3.05) is 13.1 Å². The number of aryl methyl sites for hydroxylation is 1. The molecule has 128 valence electrons. The fraction of sp³-hybridized carbons (Fsp3) is 0.333. The highest BCUT2D eigenvalue weighted by Crippen LogP contribution is 2.26. The summed E-state index contributed by atoms with van der Waals surface area (Å²) in [5.41, 5.74) is 2.98. The molecule has 1 saturated heterocycles. The lowest BCUT2D eigenvalue weighted by atomic mass is 9.94. The summed E-state index contributed by atoms with van der Waals surface area (Å²) in [6.07, 6.45) is 1.94. The van der Waals surface area contributed by atoms with Crippen molar-refractivity contribution in [2.45, 2.75) is 19.4 Å². The van der Waals surface area contributed by atoms with Crippen molar-refractivity contribution < 1.29 is 9.90 Å². The first-order chi connectivity index (χ1) is 12.1. The van der Waals surface area contributed by atoms with Crippen molar-refractivity contribution in [2.24, 2.45) is 5.92 Å². The molecule has 1 aliphatic rings. The maximum absolute atomic E-state index is 12.6. The van der Waals surface area contributed by atoms with Gasteiger partial charge in [-0.1, -0.05) is 18.2 Å². The molecule has 2 N–H and O–H groups in total. The zero-order valence-electron chi connectivity index (χ0n) is 13.9. The number of nitrogens with one attached hydrogen (secondary N) is 1. The summed E-state index contributed by atoms with van der Waals surface area (Å²) in [6.45, 7) is 2.56. The van der Waals surface area contributed by atoms with Crippen LogP contribution in [0.5, 0.6) is 0 Å². The van der Waals surface area contributed by atoms with Crippen molar-refractivity contribution in [3.8, 4) is 0 Å². The van der Waals surface area contributed by atoms with E-state index >= 15 is 0 Å². The minimum absolute atomic E-state index is 0.0121. The van der Waals surface area contributed by atoms with E-state index < -0.39 is 6.10 Å². The molecule has 7 nitrogen and oxygen atoms in total. The number of likely N-dealkylation sites (tertiary alicyclic amines) is 1. The van der Waals surface area contributed by atoms with Crippen LogP contribution in [0.2, 0.25) is 0 Å². The van der Waals surface area contributed by atoms with Gasteiger partial charge in [0.15, 0.2) is 5.69 Å². The number of aliphatic hydroxyl groups is 1. The van der Waals surface area contributed by atoms with Crippen LogP contribution in [0.15, 0.2) is 36.5 Å². The maximum Gasteiger partial charge on any atom is 0.276 e. The van der Waals surface area contributed by atoms with E-state index in [0.717, 1.165) is 16.5 Å². The van der Waals surface area contributed by atoms with Gasteiger partial charge in [-0.05, 0) is 31.0 Å². The van der Waals surface area contributed by atoms with Crippen molar-refractivity contribution in [1.29, 1.82) is 0 Å². The molecule has 1 aliphatic heterocycles. The first-order valence-electron chi connectivity index (χ1n) is 8.31. The second-order valence-electron chi connectivity index (χ2n) is 6.49. The lowest BCUT2D eigenvalue weighted by Gasteiger charge is -2.15. The van der Waals surface area contributed by atoms with Crippen molar-refractivity contribution in [3.63, 3.8) is 0 Å². The monoisotopic (exact) mass is 337 g/mol. The second kappa shape index (κ2) is 6.25. The van der Waals surface area contributed by atoms with Crippen LogP contribution in [0.1, 0.15) is 21.7 Å². The second-order valence-corrected chi connectivity index (χ2v) is 6.49. The third-order valence-electron chi connectivity index (χ3n) is 4.84. The van der Waals surface area contributed by atoms with Gasteiger partial charge in [0.1, 0.15) is 0 Å². The molecule has 7 heteroatoms. The normalized spacial score (nSPS) is 20.3. The minimum atomic E-state index is -0.553. The molecule has 1 amide bonds. The van der Waals surface area contributed by atoms with E-state index in [1.54, 1.807) is 18.0 Å². The Kier molecular flexibility index (Phi) is 3.93. The van der Waals surface area contributed by atoms with Crippen molar-refractivity contribution in [1.82, 2.24) is 25.3 Å². The molecule has 2 atom stereocenters. The third kappa shape index (κ3) is 2.87. The molecule has 1 aromatic carbocycles. The smallest absolute Gasteiger partial charge is 0.276 e. The van der Waals surface area contributed by atoms with Gasteiger partial charge in [0, 0.05) is 30.6 Å². The summed E-state index contributed by atoms with van der Waals surface area (Å²) in [5, 5.41) is 21.8. The molecule has 0 bridgehead atoms. The molecule has 25 heavy (non-hydrogen) atoms. The number of carbonyl (C=O) groups is 1. The van der Waals surface area contributed by atoms with Crippen LogP contribution < -0.4 is 0 Å². The largest absolute Gasteiger partial charge is 0.391 e. The van der Waals surface area contributed by atoms with E-state index in [4.69, 9.17) is 0 Å². The predicted molar refractivity (Wildman–Crippen MR) is 92.0 cm³/mol. The SMILES string of the molecule is Cc1n[nH]nc1C(=O)N1C[C@@H](Cc2ccnc3ccccc23)[C@H](O)C1. The van der Waals surface area contributed by atoms with Crippen molar-refractivity contribution >= 4 is 16.8 Å². The molecule has 2 aromatic heterocycles. The summed E-state index contributed by atoms with van der Waals surface area (Å²) in [7, 11) is 0. The first kappa shape index (κ1) is 15.7. The number of para-hydroxylation sites is 1. The molecule has 0 radical (unpaired) electrons. The molecule has 4 rings (SSSR count). The fourth-order valence-electron chi connectivity index (χ4n) is 3.47. The van der Waals surface area contributed by atoms with Gasteiger partial charge in [-0.3, -0.25) is 9.78 Å². The average molecular weight is 337 g/mol. The molecular weight excluding hydrogens is 318 g/mol. The number of amides is 1. The number of pyridine rings is 1. The number of nitrogens with zero attached hydrogens (tertiary/aromatic N) is 4. The number of β-amino-alcohol motifs (C(OH)–C–C–N with tert-alkyl or cyclic N) is 1. The molecule has 1 fully saturated rings. The topological polar surface area (TPSA) is 95.0 Å². The van der Waals surface area contributed by atoms with Crippen LogP contribution in [-0.2, 0) is 6.42 Å². The van der Waals surface area contributed by atoms with E-state index in [2.05, 4.69) is 20.4 Å². The summed E-state index contributed by atoms with van der Waals surface area (Å²) in [6, 6.07) is 9.96. The van der Waals surface area contributed by atoms with Gasteiger partial charge >= 0.3 is 0 Å². The highest BCUT2D eigenvalue weighted by molar-refractivity contribution is 5.93. The lowest BCUT2D eigenvalue weighted by molar-refractivity contribution is 0.0758. The zero-order valence-corrected chi connectivity index (χ0v) is 13.9. The number of carbonyl (C=O) groups excluding carboxylic acids is 1. The highest BCUT2D eigenvalue weighted by atomic mass is 16.3. The Bertz CT molecular complexity index is 917. The number of hydrogen-bond donors (Lipinski definition) is 2. The molecule has 0 saturated carbocycles. The first-order valence-corrected chi connectivity index (χ1v) is 8.31. The van der Waals surface area contributed by atoms with E-state index in [9.17, 15) is 9.90 Å². The Morgan fingerprint density at radius 1 is 1.28 bits per heavy atom. The van der Waals surface area contributed by atoms with Crippen LogP contribution in [-0.4, -0.2) is 55.5 Å². The van der Waals surface area contributed by atoms with E-state index in [1.807, 2.05) is 30.3 Å². The van der Waals surface area contributed by atoms with Crippen LogP contribution in [0.25, 0.3) is 10.9 Å². The van der Waals surface area contributed by atoms with Gasteiger partial charge in [-0.2, -0.15) is 15.4 Å². The Morgan fingerprint density at radius 2 is 2.12 bits per heavy atom. The van der Waals surface area contributed by atoms with Gasteiger partial charge in [0.05, 0.1) is 17.3 Å². The van der Waals surface area contributed by atoms with Gasteiger partial charge in [0.25, 0.3) is 5.91 Å². The van der Waals surface area contributed by atoms with Crippen molar-refractivity contribution in [3.05, 3.63) is 53.5 Å².